The van der Waals surface area contributed by atoms with Crippen LogP contribution in [0.4, 0.5) is 0 Å². The zero-order valence-electron chi connectivity index (χ0n) is 9.29. The number of hydrogen-bond donors (Lipinski definition) is 0. The number of carbonyl (C=O) groups is 1. The maximum atomic E-state index is 11.5. The van der Waals surface area contributed by atoms with Crippen LogP contribution in [0.25, 0.3) is 0 Å². The molecule has 1 fully saturated rings. The van der Waals surface area contributed by atoms with Gasteiger partial charge in [0.2, 0.25) is 5.91 Å². The monoisotopic (exact) mass is 199 g/mol. The molecule has 82 valence electrons. The Morgan fingerprint density at radius 1 is 1.50 bits per heavy atom. The van der Waals surface area contributed by atoms with Crippen molar-refractivity contribution in [2.75, 3.05) is 26.3 Å². The Labute approximate surface area is 86.4 Å². The predicted molar refractivity (Wildman–Crippen MR) is 56.1 cm³/mol. The van der Waals surface area contributed by atoms with Gasteiger partial charge in [-0.25, -0.2) is 0 Å². The van der Waals surface area contributed by atoms with Gasteiger partial charge in [-0.2, -0.15) is 0 Å². The molecule has 0 aromatic carbocycles. The lowest BCUT2D eigenvalue weighted by atomic mass is 9.99. The van der Waals surface area contributed by atoms with E-state index in [4.69, 9.17) is 4.74 Å². The molecule has 0 N–H and O–H groups in total. The SMILES string of the molecule is CCOCC1CCCN(C(=O)CC)C1. The second kappa shape index (κ2) is 6.02. The van der Waals surface area contributed by atoms with Gasteiger partial charge in [0.25, 0.3) is 0 Å². The molecular formula is C11H21NO2. The van der Waals surface area contributed by atoms with Gasteiger partial charge in [0.05, 0.1) is 6.61 Å². The minimum Gasteiger partial charge on any atom is -0.381 e. The van der Waals surface area contributed by atoms with Crippen LogP contribution >= 0.6 is 0 Å². The summed E-state index contributed by atoms with van der Waals surface area (Å²) in [5.41, 5.74) is 0. The summed E-state index contributed by atoms with van der Waals surface area (Å²) in [4.78, 5) is 13.5. The number of ether oxygens (including phenoxy) is 1. The lowest BCUT2D eigenvalue weighted by molar-refractivity contribution is -0.133. The fourth-order valence-electron chi connectivity index (χ4n) is 1.94. The summed E-state index contributed by atoms with van der Waals surface area (Å²) in [6.07, 6.45) is 2.96. The molecule has 1 unspecified atom stereocenters. The van der Waals surface area contributed by atoms with Crippen LogP contribution < -0.4 is 0 Å². The highest BCUT2D eigenvalue weighted by molar-refractivity contribution is 5.75. The number of nitrogens with zero attached hydrogens (tertiary/aromatic N) is 1. The predicted octanol–water partition coefficient (Wildman–Crippen LogP) is 1.67. The van der Waals surface area contributed by atoms with Crippen LogP contribution in [-0.2, 0) is 9.53 Å². The van der Waals surface area contributed by atoms with Crippen LogP contribution in [0.1, 0.15) is 33.1 Å². The number of piperidine rings is 1. The smallest absolute Gasteiger partial charge is 0.222 e. The molecule has 1 atom stereocenters. The van der Waals surface area contributed by atoms with Crippen molar-refractivity contribution < 1.29 is 9.53 Å². The minimum absolute atomic E-state index is 0.284. The number of carbonyl (C=O) groups excluding carboxylic acids is 1. The first kappa shape index (κ1) is 11.5. The first-order chi connectivity index (χ1) is 6.77. The van der Waals surface area contributed by atoms with E-state index in [1.165, 1.54) is 6.42 Å². The topological polar surface area (TPSA) is 29.5 Å². The standard InChI is InChI=1S/C11H21NO2/c1-3-11(13)12-7-5-6-10(8-12)9-14-4-2/h10H,3-9H2,1-2H3. The van der Waals surface area contributed by atoms with Gasteiger partial charge in [-0.05, 0) is 25.7 Å². The highest BCUT2D eigenvalue weighted by atomic mass is 16.5. The normalized spacial score (nSPS) is 22.4. The van der Waals surface area contributed by atoms with E-state index in [-0.39, 0.29) is 5.91 Å². The summed E-state index contributed by atoms with van der Waals surface area (Å²) in [5, 5.41) is 0. The molecular weight excluding hydrogens is 178 g/mol. The van der Waals surface area contributed by atoms with Gasteiger partial charge >= 0.3 is 0 Å². The third-order valence-corrected chi connectivity index (χ3v) is 2.73. The molecule has 1 aliphatic heterocycles. The molecule has 3 nitrogen and oxygen atoms in total. The Bertz CT molecular complexity index is 182. The van der Waals surface area contributed by atoms with Gasteiger partial charge in [0.1, 0.15) is 0 Å². The molecule has 0 aromatic heterocycles. The summed E-state index contributed by atoms with van der Waals surface area (Å²) in [5.74, 6) is 0.838. The second-order valence-electron chi connectivity index (χ2n) is 3.86. The molecule has 0 aliphatic carbocycles. The van der Waals surface area contributed by atoms with E-state index in [0.29, 0.717) is 12.3 Å². The van der Waals surface area contributed by atoms with Crippen molar-refractivity contribution in [2.24, 2.45) is 5.92 Å². The quantitative estimate of drug-likeness (QED) is 0.689. The minimum atomic E-state index is 0.284. The van der Waals surface area contributed by atoms with E-state index in [9.17, 15) is 4.79 Å². The van der Waals surface area contributed by atoms with Gasteiger partial charge in [-0.15, -0.1) is 0 Å². The van der Waals surface area contributed by atoms with E-state index >= 15 is 0 Å². The zero-order valence-corrected chi connectivity index (χ0v) is 9.29. The van der Waals surface area contributed by atoms with Gasteiger partial charge < -0.3 is 9.64 Å². The Kier molecular flexibility index (Phi) is 4.94. The largest absolute Gasteiger partial charge is 0.381 e. The first-order valence-electron chi connectivity index (χ1n) is 5.63. The van der Waals surface area contributed by atoms with Crippen LogP contribution in [0, 0.1) is 5.92 Å². The summed E-state index contributed by atoms with van der Waals surface area (Å²) in [6.45, 7) is 7.36. The van der Waals surface area contributed by atoms with Crippen molar-refractivity contribution in [3.63, 3.8) is 0 Å². The number of rotatable bonds is 4. The molecule has 0 radical (unpaired) electrons. The molecule has 14 heavy (non-hydrogen) atoms. The number of likely N-dealkylation sites (tertiary alicyclic amines) is 1. The summed E-state index contributed by atoms with van der Waals surface area (Å²) in [7, 11) is 0. The Hall–Kier alpha value is -0.570. The average molecular weight is 199 g/mol. The van der Waals surface area contributed by atoms with E-state index in [1.54, 1.807) is 0 Å². The maximum Gasteiger partial charge on any atom is 0.222 e. The Morgan fingerprint density at radius 3 is 2.93 bits per heavy atom. The summed E-state index contributed by atoms with van der Waals surface area (Å²) < 4.78 is 5.40. The van der Waals surface area contributed by atoms with E-state index in [0.717, 1.165) is 32.7 Å². The number of hydrogen-bond acceptors (Lipinski definition) is 2. The van der Waals surface area contributed by atoms with Gasteiger partial charge in [-0.3, -0.25) is 4.79 Å². The first-order valence-corrected chi connectivity index (χ1v) is 5.63. The fourth-order valence-corrected chi connectivity index (χ4v) is 1.94. The molecule has 0 bridgehead atoms. The molecule has 1 aliphatic rings. The molecule has 0 spiro atoms. The lowest BCUT2D eigenvalue weighted by Gasteiger charge is -2.32. The summed E-state index contributed by atoms with van der Waals surface area (Å²) in [6, 6.07) is 0. The maximum absolute atomic E-state index is 11.5. The van der Waals surface area contributed by atoms with Crippen molar-refractivity contribution in [1.29, 1.82) is 0 Å². The van der Waals surface area contributed by atoms with Crippen molar-refractivity contribution in [2.45, 2.75) is 33.1 Å². The molecule has 0 saturated carbocycles. The van der Waals surface area contributed by atoms with E-state index in [1.807, 2.05) is 18.7 Å². The second-order valence-corrected chi connectivity index (χ2v) is 3.86. The molecule has 1 saturated heterocycles. The van der Waals surface area contributed by atoms with Crippen molar-refractivity contribution in [3.05, 3.63) is 0 Å². The van der Waals surface area contributed by atoms with Gasteiger partial charge in [0, 0.05) is 26.1 Å². The van der Waals surface area contributed by atoms with Crippen molar-refractivity contribution in [1.82, 2.24) is 4.90 Å². The molecule has 3 heteroatoms. The van der Waals surface area contributed by atoms with Crippen molar-refractivity contribution in [3.8, 4) is 0 Å². The van der Waals surface area contributed by atoms with Gasteiger partial charge in [-0.1, -0.05) is 6.92 Å². The molecule has 1 heterocycles. The average Bonchev–Trinajstić information content (AvgIpc) is 2.25. The molecule has 1 rings (SSSR count). The number of amides is 1. The lowest BCUT2D eigenvalue weighted by Crippen LogP contribution is -2.40. The van der Waals surface area contributed by atoms with Crippen LogP contribution in [0.5, 0.6) is 0 Å². The third-order valence-electron chi connectivity index (χ3n) is 2.73. The Morgan fingerprint density at radius 2 is 2.29 bits per heavy atom. The van der Waals surface area contributed by atoms with Crippen LogP contribution in [0.15, 0.2) is 0 Å². The van der Waals surface area contributed by atoms with Crippen LogP contribution in [-0.4, -0.2) is 37.1 Å². The highest BCUT2D eigenvalue weighted by Crippen LogP contribution is 2.17. The van der Waals surface area contributed by atoms with E-state index < -0.39 is 0 Å². The fraction of sp³-hybridized carbons (Fsp3) is 0.909. The molecule has 0 aromatic rings. The third kappa shape index (κ3) is 3.29. The highest BCUT2D eigenvalue weighted by Gasteiger charge is 2.22. The van der Waals surface area contributed by atoms with Crippen LogP contribution in [0.2, 0.25) is 0 Å². The molecule has 1 amide bonds. The summed E-state index contributed by atoms with van der Waals surface area (Å²) >= 11 is 0. The Balaban J connectivity index is 2.31. The van der Waals surface area contributed by atoms with Gasteiger partial charge in [0.15, 0.2) is 0 Å². The van der Waals surface area contributed by atoms with Crippen LogP contribution in [0.3, 0.4) is 0 Å². The van der Waals surface area contributed by atoms with Crippen molar-refractivity contribution >= 4 is 5.91 Å². The zero-order chi connectivity index (χ0) is 10.4. The van der Waals surface area contributed by atoms with E-state index in [2.05, 4.69) is 0 Å².